The summed E-state index contributed by atoms with van der Waals surface area (Å²) in [4.78, 5) is 11.7. The molecule has 2 heterocycles. The molecule has 2 bridgehead atoms. The average Bonchev–Trinajstić information content (AvgIpc) is 2.58. The molecular weight excluding hydrogens is 351 g/mol. The van der Waals surface area contributed by atoms with E-state index >= 15 is 0 Å². The van der Waals surface area contributed by atoms with Gasteiger partial charge in [-0.15, -0.1) is 0 Å². The zero-order valence-electron chi connectivity index (χ0n) is 16.3. The molecule has 150 valence electrons. The second-order valence-electron chi connectivity index (χ2n) is 8.87. The molecule has 4 rings (SSSR count). The molecule has 1 N–H and O–H groups in total. The summed E-state index contributed by atoms with van der Waals surface area (Å²) in [6.07, 6.45) is 4.32. The molecule has 2 aliphatic heterocycles. The summed E-state index contributed by atoms with van der Waals surface area (Å²) in [6.45, 7) is 6.51. The van der Waals surface area contributed by atoms with Crippen LogP contribution in [0, 0.1) is 11.2 Å². The molecule has 1 aromatic rings. The minimum Gasteiger partial charge on any atom is -0.508 e. The Morgan fingerprint density at radius 1 is 1.22 bits per heavy atom. The highest BCUT2D eigenvalue weighted by Gasteiger charge is 2.50. The van der Waals surface area contributed by atoms with Gasteiger partial charge < -0.3 is 19.3 Å². The molecule has 6 heteroatoms. The van der Waals surface area contributed by atoms with E-state index in [0.717, 1.165) is 43.7 Å². The Bertz CT molecular complexity index is 650. The lowest BCUT2D eigenvalue weighted by atomic mass is 9.63. The van der Waals surface area contributed by atoms with E-state index in [9.17, 15) is 14.3 Å². The fourth-order valence-corrected chi connectivity index (χ4v) is 4.11. The van der Waals surface area contributed by atoms with Gasteiger partial charge in [0.25, 0.3) is 0 Å². The molecule has 3 aliphatic rings. The van der Waals surface area contributed by atoms with E-state index in [1.165, 1.54) is 6.07 Å². The van der Waals surface area contributed by atoms with E-state index < -0.39 is 17.0 Å². The number of hydrogen-bond acceptors (Lipinski definition) is 5. The molecule has 0 amide bonds. The Morgan fingerprint density at radius 2 is 1.93 bits per heavy atom. The van der Waals surface area contributed by atoms with Crippen LogP contribution in [-0.2, 0) is 24.6 Å². The Morgan fingerprint density at radius 3 is 2.48 bits per heavy atom. The van der Waals surface area contributed by atoms with Gasteiger partial charge in [0, 0.05) is 12.7 Å². The van der Waals surface area contributed by atoms with Crippen molar-refractivity contribution >= 4 is 5.97 Å². The van der Waals surface area contributed by atoms with E-state index in [1.54, 1.807) is 6.07 Å². The quantitative estimate of drug-likeness (QED) is 0.595. The molecule has 2 saturated heterocycles. The van der Waals surface area contributed by atoms with E-state index in [4.69, 9.17) is 14.2 Å². The van der Waals surface area contributed by atoms with Crippen molar-refractivity contribution < 1.29 is 28.5 Å². The summed E-state index contributed by atoms with van der Waals surface area (Å²) in [7, 11) is 0. The normalized spacial score (nSPS) is 27.6. The fraction of sp³-hybridized carbons (Fsp3) is 0.667. The van der Waals surface area contributed by atoms with Gasteiger partial charge in [-0.2, -0.15) is 0 Å². The number of carbonyl (C=O) groups is 1. The summed E-state index contributed by atoms with van der Waals surface area (Å²) < 4.78 is 30.6. The highest BCUT2D eigenvalue weighted by Crippen LogP contribution is 2.55. The number of phenols is 1. The van der Waals surface area contributed by atoms with Crippen LogP contribution in [0.5, 0.6) is 5.75 Å². The predicted molar refractivity (Wildman–Crippen MR) is 97.9 cm³/mol. The van der Waals surface area contributed by atoms with Crippen LogP contribution in [0.1, 0.15) is 58.4 Å². The van der Waals surface area contributed by atoms with Crippen molar-refractivity contribution in [2.45, 2.75) is 64.1 Å². The van der Waals surface area contributed by atoms with E-state index in [2.05, 4.69) is 0 Å². The van der Waals surface area contributed by atoms with Crippen LogP contribution in [0.4, 0.5) is 4.39 Å². The number of esters is 1. The Hall–Kier alpha value is -1.66. The third-order valence-corrected chi connectivity index (χ3v) is 5.60. The number of ether oxygens (including phenoxy) is 3. The van der Waals surface area contributed by atoms with Crippen molar-refractivity contribution in [1.82, 2.24) is 0 Å². The summed E-state index contributed by atoms with van der Waals surface area (Å²) in [5.41, 5.74) is -0.243. The van der Waals surface area contributed by atoms with Crippen LogP contribution in [0.3, 0.4) is 0 Å². The van der Waals surface area contributed by atoms with Crippen LogP contribution in [0.15, 0.2) is 18.2 Å². The number of carbonyl (C=O) groups excluding carboxylic acids is 1. The molecule has 27 heavy (non-hydrogen) atoms. The molecule has 5 nitrogen and oxygen atoms in total. The molecule has 0 spiro atoms. The molecular formula is C21H29FO5. The maximum absolute atomic E-state index is 13.7. The van der Waals surface area contributed by atoms with Crippen molar-refractivity contribution in [3.8, 4) is 5.75 Å². The van der Waals surface area contributed by atoms with Crippen molar-refractivity contribution in [2.24, 2.45) is 5.41 Å². The van der Waals surface area contributed by atoms with Gasteiger partial charge in [-0.05, 0) is 76.0 Å². The maximum Gasteiger partial charge on any atom is 0.332 e. The van der Waals surface area contributed by atoms with E-state index in [0.29, 0.717) is 13.2 Å². The molecule has 0 aromatic heterocycles. The van der Waals surface area contributed by atoms with Crippen molar-refractivity contribution in [3.63, 3.8) is 0 Å². The van der Waals surface area contributed by atoms with Crippen molar-refractivity contribution in [1.29, 1.82) is 0 Å². The monoisotopic (exact) mass is 380 g/mol. The molecule has 1 aliphatic carbocycles. The molecule has 0 radical (unpaired) electrons. The largest absolute Gasteiger partial charge is 0.508 e. The molecule has 1 saturated carbocycles. The van der Waals surface area contributed by atoms with Gasteiger partial charge in [0.15, 0.2) is 0 Å². The number of hydrogen-bond donors (Lipinski definition) is 1. The zero-order chi connectivity index (χ0) is 19.7. The molecule has 0 atom stereocenters. The Kier molecular flexibility index (Phi) is 5.50. The fourth-order valence-electron chi connectivity index (χ4n) is 4.11. The number of fused-ring (bicyclic) bond motifs is 3. The first-order chi connectivity index (χ1) is 12.6. The number of phenolic OH excluding ortho intramolecular Hbond substituents is 1. The molecule has 0 unspecified atom stereocenters. The second-order valence-corrected chi connectivity index (χ2v) is 8.87. The Balaban J connectivity index is 1.50. The minimum atomic E-state index is -0.506. The highest BCUT2D eigenvalue weighted by atomic mass is 19.1. The third kappa shape index (κ3) is 4.79. The zero-order valence-corrected chi connectivity index (χ0v) is 16.3. The summed E-state index contributed by atoms with van der Waals surface area (Å²) in [5, 5.41) is 9.71. The van der Waals surface area contributed by atoms with E-state index in [-0.39, 0.29) is 23.7 Å². The Labute approximate surface area is 159 Å². The average molecular weight is 380 g/mol. The smallest absolute Gasteiger partial charge is 0.332 e. The number of halogens is 1. The SMILES string of the molecule is CC(C)(C)OC(=O)COCCC12CCC(c3cc(O)cc(F)c3)(CC1)OC2. The van der Waals surface area contributed by atoms with Gasteiger partial charge in [-0.25, -0.2) is 9.18 Å². The van der Waals surface area contributed by atoms with Crippen molar-refractivity contribution in [3.05, 3.63) is 29.6 Å². The van der Waals surface area contributed by atoms with Gasteiger partial charge in [0.05, 0.1) is 12.2 Å². The van der Waals surface area contributed by atoms with Crippen LogP contribution >= 0.6 is 0 Å². The molecule has 1 aromatic carbocycles. The van der Waals surface area contributed by atoms with Crippen LogP contribution in [-0.4, -0.2) is 36.5 Å². The summed E-state index contributed by atoms with van der Waals surface area (Å²) in [5.74, 6) is -0.865. The number of aromatic hydroxyl groups is 1. The number of benzene rings is 1. The van der Waals surface area contributed by atoms with E-state index in [1.807, 2.05) is 20.8 Å². The first-order valence-corrected chi connectivity index (χ1v) is 9.55. The van der Waals surface area contributed by atoms with Gasteiger partial charge >= 0.3 is 5.97 Å². The highest BCUT2D eigenvalue weighted by molar-refractivity contribution is 5.71. The van der Waals surface area contributed by atoms with Gasteiger partial charge in [-0.3, -0.25) is 0 Å². The van der Waals surface area contributed by atoms with Crippen LogP contribution in [0.2, 0.25) is 0 Å². The first kappa shape index (κ1) is 20.1. The summed E-state index contributed by atoms with van der Waals surface area (Å²) in [6, 6.07) is 4.17. The van der Waals surface area contributed by atoms with Crippen molar-refractivity contribution in [2.75, 3.05) is 19.8 Å². The lowest BCUT2D eigenvalue weighted by Gasteiger charge is -2.53. The van der Waals surface area contributed by atoms with Crippen LogP contribution in [0.25, 0.3) is 0 Å². The van der Waals surface area contributed by atoms with Gasteiger partial charge in [0.2, 0.25) is 0 Å². The minimum absolute atomic E-state index is 0.0410. The van der Waals surface area contributed by atoms with Gasteiger partial charge in [0.1, 0.15) is 23.8 Å². The second kappa shape index (κ2) is 7.40. The number of rotatable bonds is 6. The third-order valence-electron chi connectivity index (χ3n) is 5.60. The lowest BCUT2D eigenvalue weighted by molar-refractivity contribution is -0.195. The van der Waals surface area contributed by atoms with Crippen LogP contribution < -0.4 is 0 Å². The topological polar surface area (TPSA) is 65.0 Å². The predicted octanol–water partition coefficient (Wildman–Crippen LogP) is 4.07. The maximum atomic E-state index is 13.7. The standard InChI is InChI=1S/C21H29FO5/c1-19(2,3)27-18(24)13-25-9-8-20-4-6-21(7-5-20,26-14-20)15-10-16(22)12-17(23)11-15/h10-12,23H,4-9,13-14H2,1-3H3. The first-order valence-electron chi connectivity index (χ1n) is 9.55. The summed E-state index contributed by atoms with van der Waals surface area (Å²) >= 11 is 0. The molecule has 3 fully saturated rings. The van der Waals surface area contributed by atoms with Gasteiger partial charge in [-0.1, -0.05) is 0 Å². The lowest BCUT2D eigenvalue weighted by Crippen LogP contribution is -2.49.